The average molecular weight is 304 g/mol. The van der Waals surface area contributed by atoms with Crippen molar-refractivity contribution in [2.24, 2.45) is 4.99 Å². The smallest absolute Gasteiger partial charge is 0.305 e. The van der Waals surface area contributed by atoms with E-state index < -0.39 is 6.04 Å². The van der Waals surface area contributed by atoms with Gasteiger partial charge in [0.25, 0.3) is 0 Å². The number of hydrogen-bond acceptors (Lipinski definition) is 4. The van der Waals surface area contributed by atoms with Crippen LogP contribution in [0.4, 0.5) is 0 Å². The van der Waals surface area contributed by atoms with Crippen LogP contribution in [-0.4, -0.2) is 49.2 Å². The maximum Gasteiger partial charge on any atom is 0.305 e. The Labute approximate surface area is 132 Å². The molecular formula is C17H24N2O3. The van der Waals surface area contributed by atoms with Gasteiger partial charge in [-0.1, -0.05) is 30.3 Å². The van der Waals surface area contributed by atoms with E-state index in [1.165, 1.54) is 7.11 Å². The number of carbonyl (C=O) groups is 2. The lowest BCUT2D eigenvalue weighted by atomic mass is 10.1. The molecule has 0 heterocycles. The maximum absolute atomic E-state index is 12.5. The zero-order valence-corrected chi connectivity index (χ0v) is 13.5. The molecule has 0 saturated heterocycles. The van der Waals surface area contributed by atoms with E-state index >= 15 is 0 Å². The number of aliphatic imine (C=N–C) groups is 1. The minimum Gasteiger partial charge on any atom is -0.469 e. The zero-order chi connectivity index (χ0) is 16.4. The summed E-state index contributed by atoms with van der Waals surface area (Å²) in [7, 11) is 1.34. The maximum atomic E-state index is 12.5. The molecule has 0 aromatic heterocycles. The Morgan fingerprint density at radius 1 is 1.23 bits per heavy atom. The number of nitrogens with zero attached hydrogens (tertiary/aromatic N) is 2. The Balaban J connectivity index is 2.83. The molecule has 1 rings (SSSR count). The molecule has 1 amide bonds. The van der Waals surface area contributed by atoms with Gasteiger partial charge in [-0.2, -0.15) is 0 Å². The first kappa shape index (κ1) is 17.9. The van der Waals surface area contributed by atoms with Crippen LogP contribution in [0, 0.1) is 0 Å². The van der Waals surface area contributed by atoms with E-state index in [0.29, 0.717) is 19.5 Å². The summed E-state index contributed by atoms with van der Waals surface area (Å²) in [6.07, 6.45) is 2.22. The molecule has 1 aromatic rings. The van der Waals surface area contributed by atoms with E-state index in [-0.39, 0.29) is 18.3 Å². The second-order valence-corrected chi connectivity index (χ2v) is 4.83. The van der Waals surface area contributed by atoms with Gasteiger partial charge in [0.05, 0.1) is 7.11 Å². The Morgan fingerprint density at radius 2 is 1.86 bits per heavy atom. The van der Waals surface area contributed by atoms with E-state index in [1.54, 1.807) is 11.1 Å². The molecule has 0 aliphatic carbocycles. The lowest BCUT2D eigenvalue weighted by Crippen LogP contribution is -2.38. The number of amides is 1. The van der Waals surface area contributed by atoms with Gasteiger partial charge in [-0.3, -0.25) is 14.6 Å². The molecule has 1 atom stereocenters. The molecule has 0 unspecified atom stereocenters. The van der Waals surface area contributed by atoms with Crippen LogP contribution in [0.5, 0.6) is 0 Å². The molecule has 0 saturated carbocycles. The molecule has 0 aliphatic heterocycles. The minimum atomic E-state index is -0.556. The second kappa shape index (κ2) is 9.71. The summed E-state index contributed by atoms with van der Waals surface area (Å²) in [6.45, 7) is 5.12. The van der Waals surface area contributed by atoms with Gasteiger partial charge in [-0.05, 0) is 25.8 Å². The average Bonchev–Trinajstić information content (AvgIpc) is 2.56. The highest BCUT2D eigenvalue weighted by Gasteiger charge is 2.22. The van der Waals surface area contributed by atoms with Crippen molar-refractivity contribution in [3.05, 3.63) is 35.9 Å². The molecule has 0 aliphatic rings. The largest absolute Gasteiger partial charge is 0.469 e. The molecule has 22 heavy (non-hydrogen) atoms. The number of methoxy groups -OCH3 is 1. The van der Waals surface area contributed by atoms with Gasteiger partial charge < -0.3 is 9.64 Å². The Kier molecular flexibility index (Phi) is 7.89. The number of benzene rings is 1. The van der Waals surface area contributed by atoms with Crippen molar-refractivity contribution in [1.29, 1.82) is 0 Å². The number of likely N-dealkylation sites (N-methyl/N-ethyl adjacent to an activating group) is 1. The van der Waals surface area contributed by atoms with Gasteiger partial charge in [0.2, 0.25) is 5.91 Å². The molecule has 1 aromatic carbocycles. The van der Waals surface area contributed by atoms with Crippen LogP contribution >= 0.6 is 0 Å². The molecule has 0 radical (unpaired) electrons. The standard InChI is InChI=1S/C17H24N2O3/c1-4-19(5-2)17(21)15(11-12-16(20)22-3)18-13-14-9-7-6-8-10-14/h6-10,13,15H,4-5,11-12H2,1-3H3/t15-/m0/s1. The van der Waals surface area contributed by atoms with Crippen molar-refractivity contribution >= 4 is 18.1 Å². The summed E-state index contributed by atoms with van der Waals surface area (Å²) in [6, 6.07) is 9.03. The summed E-state index contributed by atoms with van der Waals surface area (Å²) < 4.78 is 4.64. The lowest BCUT2D eigenvalue weighted by molar-refractivity contribution is -0.141. The van der Waals surface area contributed by atoms with Crippen LogP contribution in [0.1, 0.15) is 32.3 Å². The van der Waals surface area contributed by atoms with E-state index in [0.717, 1.165) is 5.56 Å². The number of hydrogen-bond donors (Lipinski definition) is 0. The third-order valence-corrected chi connectivity index (χ3v) is 3.41. The highest BCUT2D eigenvalue weighted by Crippen LogP contribution is 2.09. The van der Waals surface area contributed by atoms with Crippen LogP contribution in [0.25, 0.3) is 0 Å². The van der Waals surface area contributed by atoms with E-state index in [2.05, 4.69) is 9.73 Å². The van der Waals surface area contributed by atoms with Crippen LogP contribution in [0.15, 0.2) is 35.3 Å². The predicted octanol–water partition coefficient (Wildman–Crippen LogP) is 2.30. The molecule has 5 heteroatoms. The Hall–Kier alpha value is -2.17. The van der Waals surface area contributed by atoms with E-state index in [9.17, 15) is 9.59 Å². The van der Waals surface area contributed by atoms with E-state index in [1.807, 2.05) is 44.2 Å². The second-order valence-electron chi connectivity index (χ2n) is 4.83. The summed E-state index contributed by atoms with van der Waals surface area (Å²) >= 11 is 0. The Bertz CT molecular complexity index is 496. The normalized spacial score (nSPS) is 12.1. The minimum absolute atomic E-state index is 0.0546. The van der Waals surface area contributed by atoms with Crippen LogP contribution in [0.3, 0.4) is 0 Å². The Morgan fingerprint density at radius 3 is 2.41 bits per heavy atom. The van der Waals surface area contributed by atoms with Crippen molar-refractivity contribution in [1.82, 2.24) is 4.90 Å². The van der Waals surface area contributed by atoms with Gasteiger partial charge in [0.15, 0.2) is 0 Å². The molecular weight excluding hydrogens is 280 g/mol. The zero-order valence-electron chi connectivity index (χ0n) is 13.5. The van der Waals surface area contributed by atoms with Crippen molar-refractivity contribution in [2.45, 2.75) is 32.7 Å². The highest BCUT2D eigenvalue weighted by molar-refractivity contribution is 5.87. The van der Waals surface area contributed by atoms with Crippen LogP contribution in [0.2, 0.25) is 0 Å². The highest BCUT2D eigenvalue weighted by atomic mass is 16.5. The van der Waals surface area contributed by atoms with Crippen molar-refractivity contribution in [2.75, 3.05) is 20.2 Å². The first-order valence-electron chi connectivity index (χ1n) is 7.56. The number of rotatable bonds is 8. The number of ether oxygens (including phenoxy) is 1. The van der Waals surface area contributed by atoms with Gasteiger partial charge in [-0.15, -0.1) is 0 Å². The van der Waals surface area contributed by atoms with Crippen LogP contribution in [-0.2, 0) is 14.3 Å². The van der Waals surface area contributed by atoms with E-state index in [4.69, 9.17) is 0 Å². The topological polar surface area (TPSA) is 59.0 Å². The molecule has 0 fully saturated rings. The fourth-order valence-corrected chi connectivity index (χ4v) is 2.08. The number of esters is 1. The SMILES string of the molecule is CCN(CC)C(=O)[C@H](CCC(=O)OC)N=Cc1ccccc1. The van der Waals surface area contributed by atoms with Crippen molar-refractivity contribution < 1.29 is 14.3 Å². The van der Waals surface area contributed by atoms with Crippen LogP contribution < -0.4 is 0 Å². The molecule has 0 spiro atoms. The summed E-state index contributed by atoms with van der Waals surface area (Å²) in [5.41, 5.74) is 0.929. The van der Waals surface area contributed by atoms with Gasteiger partial charge in [-0.25, -0.2) is 0 Å². The van der Waals surface area contributed by atoms with Crippen molar-refractivity contribution in [3.63, 3.8) is 0 Å². The molecule has 0 bridgehead atoms. The fraction of sp³-hybridized carbons (Fsp3) is 0.471. The molecule has 0 N–H and O–H groups in total. The lowest BCUT2D eigenvalue weighted by Gasteiger charge is -2.22. The fourth-order valence-electron chi connectivity index (χ4n) is 2.08. The summed E-state index contributed by atoms with van der Waals surface area (Å²) in [5.74, 6) is -0.381. The third kappa shape index (κ3) is 5.68. The first-order valence-corrected chi connectivity index (χ1v) is 7.56. The molecule has 120 valence electrons. The monoisotopic (exact) mass is 304 g/mol. The molecule has 5 nitrogen and oxygen atoms in total. The van der Waals surface area contributed by atoms with Gasteiger partial charge >= 0.3 is 5.97 Å². The van der Waals surface area contributed by atoms with Crippen molar-refractivity contribution in [3.8, 4) is 0 Å². The predicted molar refractivity (Wildman–Crippen MR) is 87.0 cm³/mol. The number of carbonyl (C=O) groups excluding carboxylic acids is 2. The quantitative estimate of drug-likeness (QED) is 0.547. The third-order valence-electron chi connectivity index (χ3n) is 3.41. The van der Waals surface area contributed by atoms with Gasteiger partial charge in [0.1, 0.15) is 6.04 Å². The van der Waals surface area contributed by atoms with Gasteiger partial charge in [0, 0.05) is 25.7 Å². The summed E-state index contributed by atoms with van der Waals surface area (Å²) in [5, 5.41) is 0. The summed E-state index contributed by atoms with van der Waals surface area (Å²) in [4.78, 5) is 29.9. The first-order chi connectivity index (χ1) is 10.6.